The van der Waals surface area contributed by atoms with E-state index in [1.54, 1.807) is 0 Å². The molecule has 5 atom stereocenters. The highest BCUT2D eigenvalue weighted by atomic mass is 16.7. The van der Waals surface area contributed by atoms with Crippen LogP contribution in [-0.4, -0.2) is 25.8 Å². The van der Waals surface area contributed by atoms with E-state index in [-0.39, 0.29) is 12.6 Å². The smallest absolute Gasteiger partial charge is 0.196 e. The molecule has 254 valence electrons. The Balaban J connectivity index is 0.000000489. The average molecular weight is 631 g/mol. The average Bonchev–Trinajstić information content (AvgIpc) is 3.10. The van der Waals surface area contributed by atoms with Gasteiger partial charge in [-0.15, -0.1) is 0 Å². The Bertz CT molecular complexity index is 1110. The van der Waals surface area contributed by atoms with Gasteiger partial charge in [0.25, 0.3) is 0 Å². The molecule has 46 heavy (non-hydrogen) atoms. The molecule has 4 rings (SSSR count). The van der Waals surface area contributed by atoms with E-state index in [0.717, 1.165) is 37.6 Å². The summed E-state index contributed by atoms with van der Waals surface area (Å²) in [5.41, 5.74) is 4.16. The molecule has 0 amide bonds. The van der Waals surface area contributed by atoms with Crippen LogP contribution in [0.15, 0.2) is 78.9 Å². The molecule has 0 N–H and O–H groups in total. The first-order valence-electron chi connectivity index (χ1n) is 18.0. The van der Waals surface area contributed by atoms with E-state index in [4.69, 9.17) is 18.9 Å². The number of benzene rings is 3. The highest BCUT2D eigenvalue weighted by Crippen LogP contribution is 2.30. The van der Waals surface area contributed by atoms with Gasteiger partial charge in [-0.2, -0.15) is 0 Å². The molecule has 0 aliphatic heterocycles. The van der Waals surface area contributed by atoms with E-state index in [0.29, 0.717) is 29.6 Å². The lowest BCUT2D eigenvalue weighted by Gasteiger charge is -2.29. The normalized spacial score (nSPS) is 19.6. The molecule has 0 radical (unpaired) electrons. The molecule has 0 heterocycles. The minimum atomic E-state index is -0.238. The van der Waals surface area contributed by atoms with Gasteiger partial charge in [-0.05, 0) is 129 Å². The van der Waals surface area contributed by atoms with Gasteiger partial charge in [0.2, 0.25) is 0 Å². The van der Waals surface area contributed by atoms with E-state index < -0.39 is 0 Å². The minimum absolute atomic E-state index is 0.238. The molecule has 1 fully saturated rings. The van der Waals surface area contributed by atoms with Crippen molar-refractivity contribution in [3.63, 3.8) is 0 Å². The molecule has 1 saturated carbocycles. The fourth-order valence-electron chi connectivity index (χ4n) is 5.80. The maximum Gasteiger partial charge on any atom is 0.196 e. The van der Waals surface area contributed by atoms with E-state index in [1.807, 2.05) is 13.8 Å². The predicted molar refractivity (Wildman–Crippen MR) is 193 cm³/mol. The van der Waals surface area contributed by atoms with Crippen LogP contribution in [0.1, 0.15) is 135 Å². The highest BCUT2D eigenvalue weighted by Gasteiger charge is 2.23. The summed E-state index contributed by atoms with van der Waals surface area (Å²) in [5, 5.41) is 0. The Labute approximate surface area is 281 Å². The standard InChI is InChI=1S/C32H48O4.C10H14/c1-7-23(3)29-13-17-31(18-14-29)35-25(5)33-21-27-9-11-28(12-10-27)22-34-26(6)36-32-19-15-30(16-20-32)24(4)8-2;1-3-9(2)10-7-5-4-6-8-10/h13-20,23-28H,7-12,21-22H2,1-6H3;4-9H,3H2,1-2H3. The number of hydrogen-bond donors (Lipinski definition) is 0. The third kappa shape index (κ3) is 13.1. The lowest BCUT2D eigenvalue weighted by Crippen LogP contribution is -2.27. The molecule has 0 saturated heterocycles. The first-order valence-corrected chi connectivity index (χ1v) is 18.0. The summed E-state index contributed by atoms with van der Waals surface area (Å²) in [5.74, 6) is 4.81. The van der Waals surface area contributed by atoms with Gasteiger partial charge in [0.1, 0.15) is 11.5 Å². The summed E-state index contributed by atoms with van der Waals surface area (Å²) in [7, 11) is 0. The molecule has 1 aliphatic rings. The Kier molecular flexibility index (Phi) is 16.7. The number of ether oxygens (including phenoxy) is 4. The van der Waals surface area contributed by atoms with Gasteiger partial charge in [0.15, 0.2) is 12.6 Å². The summed E-state index contributed by atoms with van der Waals surface area (Å²) < 4.78 is 24.0. The molecule has 4 heteroatoms. The second-order valence-electron chi connectivity index (χ2n) is 13.4. The van der Waals surface area contributed by atoms with Crippen molar-refractivity contribution in [2.45, 2.75) is 131 Å². The Morgan fingerprint density at radius 3 is 1.13 bits per heavy atom. The first-order chi connectivity index (χ1) is 22.2. The van der Waals surface area contributed by atoms with Crippen molar-refractivity contribution >= 4 is 0 Å². The van der Waals surface area contributed by atoms with Crippen LogP contribution in [-0.2, 0) is 9.47 Å². The zero-order valence-corrected chi connectivity index (χ0v) is 30.0. The van der Waals surface area contributed by atoms with Crippen LogP contribution < -0.4 is 9.47 Å². The third-order valence-corrected chi connectivity index (χ3v) is 9.81. The maximum atomic E-state index is 6.04. The van der Waals surface area contributed by atoms with Crippen molar-refractivity contribution in [1.82, 2.24) is 0 Å². The number of rotatable bonds is 16. The number of hydrogen-bond acceptors (Lipinski definition) is 4. The first kappa shape index (κ1) is 37.6. The fraction of sp³-hybridized carbons (Fsp3) is 0.571. The zero-order chi connectivity index (χ0) is 33.3. The van der Waals surface area contributed by atoms with E-state index in [9.17, 15) is 0 Å². The second kappa shape index (κ2) is 20.4. The van der Waals surface area contributed by atoms with Gasteiger partial charge in [0, 0.05) is 0 Å². The molecule has 3 aromatic carbocycles. The fourth-order valence-corrected chi connectivity index (χ4v) is 5.80. The zero-order valence-electron chi connectivity index (χ0n) is 30.0. The summed E-state index contributed by atoms with van der Waals surface area (Å²) >= 11 is 0. The van der Waals surface area contributed by atoms with Crippen LogP contribution in [0.5, 0.6) is 11.5 Å². The van der Waals surface area contributed by atoms with Crippen LogP contribution in [0.3, 0.4) is 0 Å². The summed E-state index contributed by atoms with van der Waals surface area (Å²) in [4.78, 5) is 0. The van der Waals surface area contributed by atoms with Gasteiger partial charge in [-0.1, -0.05) is 96.1 Å². The predicted octanol–water partition coefficient (Wildman–Crippen LogP) is 11.9. The molecular weight excluding hydrogens is 568 g/mol. The summed E-state index contributed by atoms with van der Waals surface area (Å²) in [6.07, 6.45) is 7.75. The third-order valence-electron chi connectivity index (χ3n) is 9.81. The summed E-state index contributed by atoms with van der Waals surface area (Å²) in [6.45, 7) is 18.9. The van der Waals surface area contributed by atoms with Gasteiger partial charge in [-0.3, -0.25) is 0 Å². The molecule has 0 aromatic heterocycles. The van der Waals surface area contributed by atoms with Crippen LogP contribution in [0.2, 0.25) is 0 Å². The van der Waals surface area contributed by atoms with Crippen molar-refractivity contribution in [3.05, 3.63) is 95.6 Å². The van der Waals surface area contributed by atoms with Crippen LogP contribution >= 0.6 is 0 Å². The lowest BCUT2D eigenvalue weighted by molar-refractivity contribution is -0.0946. The molecule has 0 bridgehead atoms. The van der Waals surface area contributed by atoms with Gasteiger partial charge < -0.3 is 18.9 Å². The molecule has 3 aromatic rings. The van der Waals surface area contributed by atoms with Crippen LogP contribution in [0.4, 0.5) is 0 Å². The van der Waals surface area contributed by atoms with Gasteiger partial charge in [0.05, 0.1) is 13.2 Å². The van der Waals surface area contributed by atoms with Crippen molar-refractivity contribution in [1.29, 1.82) is 0 Å². The highest BCUT2D eigenvalue weighted by molar-refractivity contribution is 5.30. The molecule has 4 nitrogen and oxygen atoms in total. The van der Waals surface area contributed by atoms with Crippen molar-refractivity contribution in [2.75, 3.05) is 13.2 Å². The van der Waals surface area contributed by atoms with Crippen molar-refractivity contribution in [2.24, 2.45) is 11.8 Å². The van der Waals surface area contributed by atoms with E-state index in [2.05, 4.69) is 120 Å². The van der Waals surface area contributed by atoms with Crippen LogP contribution in [0, 0.1) is 11.8 Å². The lowest BCUT2D eigenvalue weighted by atomic mass is 9.83. The Morgan fingerprint density at radius 1 is 0.478 bits per heavy atom. The molecule has 5 unspecified atom stereocenters. The summed E-state index contributed by atoms with van der Waals surface area (Å²) in [6, 6.07) is 27.5. The second-order valence-corrected chi connectivity index (χ2v) is 13.4. The van der Waals surface area contributed by atoms with Crippen molar-refractivity contribution < 1.29 is 18.9 Å². The minimum Gasteiger partial charge on any atom is -0.465 e. The Morgan fingerprint density at radius 2 is 0.804 bits per heavy atom. The Hall–Kier alpha value is -2.82. The quantitative estimate of drug-likeness (QED) is 0.148. The maximum absolute atomic E-state index is 6.04. The largest absolute Gasteiger partial charge is 0.465 e. The molecular formula is C42H62O4. The van der Waals surface area contributed by atoms with E-state index in [1.165, 1.54) is 48.8 Å². The van der Waals surface area contributed by atoms with Gasteiger partial charge in [-0.25, -0.2) is 0 Å². The van der Waals surface area contributed by atoms with E-state index >= 15 is 0 Å². The SMILES string of the molecule is CCC(C)c1ccc(OC(C)OCC2CCC(COC(C)Oc3ccc(C(C)CC)cc3)CC2)cc1.CCC(C)c1ccccc1. The van der Waals surface area contributed by atoms with Gasteiger partial charge >= 0.3 is 0 Å². The van der Waals surface area contributed by atoms with Crippen molar-refractivity contribution in [3.8, 4) is 11.5 Å². The molecule has 0 spiro atoms. The molecule has 1 aliphatic carbocycles. The van der Waals surface area contributed by atoms with Crippen LogP contribution in [0.25, 0.3) is 0 Å². The topological polar surface area (TPSA) is 36.9 Å². The monoisotopic (exact) mass is 630 g/mol.